The van der Waals surface area contributed by atoms with Gasteiger partial charge in [0, 0.05) is 12.1 Å². The summed E-state index contributed by atoms with van der Waals surface area (Å²) in [7, 11) is 0. The first-order valence-corrected chi connectivity index (χ1v) is 7.08. The Balaban J connectivity index is 2.07. The first-order valence-electron chi connectivity index (χ1n) is 6.71. The highest BCUT2D eigenvalue weighted by Gasteiger charge is 2.16. The fraction of sp³-hybridized carbons (Fsp3) is 0.125. The Hall–Kier alpha value is -2.17. The molecule has 3 rings (SSSR count). The number of aromatic nitrogens is 3. The van der Waals surface area contributed by atoms with E-state index in [-0.39, 0.29) is 0 Å². The highest BCUT2D eigenvalue weighted by Crippen LogP contribution is 2.29. The molecule has 0 aliphatic heterocycles. The molecule has 0 aliphatic carbocycles. The van der Waals surface area contributed by atoms with E-state index in [0.717, 1.165) is 22.5 Å². The van der Waals surface area contributed by atoms with Crippen LogP contribution < -0.4 is 5.73 Å². The maximum Gasteiger partial charge on any atom is 0.104 e. The summed E-state index contributed by atoms with van der Waals surface area (Å²) >= 11 is 6.31. The third kappa shape index (κ3) is 2.82. The largest absolute Gasteiger partial charge is 0.325 e. The summed E-state index contributed by atoms with van der Waals surface area (Å²) in [4.78, 5) is 0. The lowest BCUT2D eigenvalue weighted by molar-refractivity contribution is 0.655. The Kier molecular flexibility index (Phi) is 3.99. The van der Waals surface area contributed by atoms with Gasteiger partial charge in [0.05, 0.1) is 17.3 Å². The van der Waals surface area contributed by atoms with Crippen LogP contribution in [0, 0.1) is 0 Å². The molecular formula is C16H15ClN4. The van der Waals surface area contributed by atoms with Crippen LogP contribution >= 0.6 is 11.6 Å². The third-order valence-electron chi connectivity index (χ3n) is 3.30. The molecule has 1 aromatic heterocycles. The molecule has 0 amide bonds. The predicted molar refractivity (Wildman–Crippen MR) is 83.9 cm³/mol. The Bertz CT molecular complexity index is 737. The minimum absolute atomic E-state index is 0.329. The third-order valence-corrected chi connectivity index (χ3v) is 3.63. The van der Waals surface area contributed by atoms with Gasteiger partial charge in [-0.25, -0.2) is 4.68 Å². The molecule has 0 saturated heterocycles. The molecule has 1 heterocycles. The molecule has 0 aliphatic rings. The molecule has 2 N–H and O–H groups in total. The van der Waals surface area contributed by atoms with Crippen LogP contribution in [0.4, 0.5) is 0 Å². The van der Waals surface area contributed by atoms with Crippen molar-refractivity contribution >= 4 is 11.6 Å². The zero-order valence-corrected chi connectivity index (χ0v) is 12.2. The van der Waals surface area contributed by atoms with Crippen molar-refractivity contribution in [1.29, 1.82) is 0 Å². The molecule has 0 spiro atoms. The summed E-state index contributed by atoms with van der Waals surface area (Å²) in [5, 5.41) is 9.08. The number of hydrogen-bond acceptors (Lipinski definition) is 3. The van der Waals surface area contributed by atoms with Gasteiger partial charge in [0.1, 0.15) is 5.69 Å². The van der Waals surface area contributed by atoms with Crippen LogP contribution in [0.2, 0.25) is 5.02 Å². The van der Waals surface area contributed by atoms with E-state index in [1.54, 1.807) is 0 Å². The molecule has 0 unspecified atom stereocenters. The van der Waals surface area contributed by atoms with Crippen molar-refractivity contribution in [3.63, 3.8) is 0 Å². The average molecular weight is 299 g/mol. The van der Waals surface area contributed by atoms with E-state index < -0.39 is 0 Å². The topological polar surface area (TPSA) is 56.7 Å². The number of nitrogens with two attached hydrogens (primary N) is 1. The number of nitrogens with zero attached hydrogens (tertiary/aromatic N) is 3. The zero-order valence-electron chi connectivity index (χ0n) is 11.4. The van der Waals surface area contributed by atoms with Crippen molar-refractivity contribution in [3.05, 3.63) is 70.9 Å². The van der Waals surface area contributed by atoms with Crippen molar-refractivity contribution in [1.82, 2.24) is 15.0 Å². The first-order chi connectivity index (χ1) is 10.3. The van der Waals surface area contributed by atoms with Crippen molar-refractivity contribution in [2.24, 2.45) is 5.73 Å². The van der Waals surface area contributed by atoms with Crippen LogP contribution in [0.25, 0.3) is 11.3 Å². The van der Waals surface area contributed by atoms with Gasteiger partial charge in [-0.15, -0.1) is 5.10 Å². The van der Waals surface area contributed by atoms with Gasteiger partial charge in [-0.3, -0.25) is 0 Å². The lowest BCUT2D eigenvalue weighted by Crippen LogP contribution is -2.06. The predicted octanol–water partition coefficient (Wildman–Crippen LogP) is 3.11. The van der Waals surface area contributed by atoms with Gasteiger partial charge in [-0.2, -0.15) is 0 Å². The second-order valence-corrected chi connectivity index (χ2v) is 5.12. The molecule has 0 fully saturated rings. The molecule has 4 nitrogen and oxygen atoms in total. The van der Waals surface area contributed by atoms with Gasteiger partial charge in [-0.1, -0.05) is 65.3 Å². The Morgan fingerprint density at radius 2 is 1.71 bits per heavy atom. The van der Waals surface area contributed by atoms with Crippen molar-refractivity contribution < 1.29 is 0 Å². The first kappa shape index (κ1) is 13.8. The Morgan fingerprint density at radius 3 is 2.43 bits per heavy atom. The van der Waals surface area contributed by atoms with Crippen LogP contribution in [0.5, 0.6) is 0 Å². The van der Waals surface area contributed by atoms with Gasteiger partial charge >= 0.3 is 0 Å². The lowest BCUT2D eigenvalue weighted by atomic mass is 10.1. The highest BCUT2D eigenvalue weighted by atomic mass is 35.5. The molecule has 0 atom stereocenters. The second-order valence-electron chi connectivity index (χ2n) is 4.71. The molecule has 0 bridgehead atoms. The Labute approximate surface area is 128 Å². The fourth-order valence-corrected chi connectivity index (χ4v) is 2.53. The molecule has 21 heavy (non-hydrogen) atoms. The normalized spacial score (nSPS) is 10.8. The van der Waals surface area contributed by atoms with E-state index >= 15 is 0 Å². The van der Waals surface area contributed by atoms with Crippen molar-refractivity contribution in [2.75, 3.05) is 0 Å². The quantitative estimate of drug-likeness (QED) is 0.805. The van der Waals surface area contributed by atoms with Gasteiger partial charge in [0.2, 0.25) is 0 Å². The molecule has 106 valence electrons. The van der Waals surface area contributed by atoms with Crippen molar-refractivity contribution in [2.45, 2.75) is 13.1 Å². The minimum Gasteiger partial charge on any atom is -0.325 e. The zero-order chi connectivity index (χ0) is 14.7. The van der Waals surface area contributed by atoms with E-state index in [9.17, 15) is 0 Å². The van der Waals surface area contributed by atoms with Gasteiger partial charge < -0.3 is 5.73 Å². The molecule has 0 saturated carbocycles. The van der Waals surface area contributed by atoms with Crippen molar-refractivity contribution in [3.8, 4) is 11.3 Å². The van der Waals surface area contributed by atoms with E-state index in [1.165, 1.54) is 0 Å². The summed E-state index contributed by atoms with van der Waals surface area (Å²) in [6, 6.07) is 17.8. The van der Waals surface area contributed by atoms with E-state index in [1.807, 2.05) is 47.1 Å². The summed E-state index contributed by atoms with van der Waals surface area (Å²) in [6.07, 6.45) is 0. The van der Waals surface area contributed by atoms with E-state index in [4.69, 9.17) is 17.3 Å². The van der Waals surface area contributed by atoms with Gasteiger partial charge in [0.25, 0.3) is 0 Å². The van der Waals surface area contributed by atoms with Gasteiger partial charge in [-0.05, 0) is 11.6 Å². The number of rotatable bonds is 4. The van der Waals surface area contributed by atoms with E-state index in [0.29, 0.717) is 18.1 Å². The monoisotopic (exact) mass is 298 g/mol. The van der Waals surface area contributed by atoms with Crippen LogP contribution in [0.3, 0.4) is 0 Å². The van der Waals surface area contributed by atoms with Crippen LogP contribution in [0.1, 0.15) is 11.3 Å². The summed E-state index contributed by atoms with van der Waals surface area (Å²) in [5.74, 6) is 0. The maximum absolute atomic E-state index is 6.31. The summed E-state index contributed by atoms with van der Waals surface area (Å²) in [5.41, 5.74) is 9.47. The van der Waals surface area contributed by atoms with Crippen LogP contribution in [-0.4, -0.2) is 15.0 Å². The summed E-state index contributed by atoms with van der Waals surface area (Å²) in [6.45, 7) is 0.962. The molecular weight excluding hydrogens is 284 g/mol. The standard InChI is InChI=1S/C16H15ClN4/c17-14-9-5-4-8-13(14)16-15(10-18)19-20-21(16)11-12-6-2-1-3-7-12/h1-9H,10-11,18H2. The lowest BCUT2D eigenvalue weighted by Gasteiger charge is -2.09. The van der Waals surface area contributed by atoms with Crippen LogP contribution in [0.15, 0.2) is 54.6 Å². The SMILES string of the molecule is NCc1nnn(Cc2ccccc2)c1-c1ccccc1Cl. The molecule has 0 radical (unpaired) electrons. The molecule has 3 aromatic rings. The van der Waals surface area contributed by atoms with Gasteiger partial charge in [0.15, 0.2) is 0 Å². The minimum atomic E-state index is 0.329. The second kappa shape index (κ2) is 6.08. The molecule has 5 heteroatoms. The molecule has 2 aromatic carbocycles. The number of halogens is 1. The number of hydrogen-bond donors (Lipinski definition) is 1. The Morgan fingerprint density at radius 1 is 1.00 bits per heavy atom. The highest BCUT2D eigenvalue weighted by molar-refractivity contribution is 6.33. The number of benzene rings is 2. The van der Waals surface area contributed by atoms with Crippen LogP contribution in [-0.2, 0) is 13.1 Å². The fourth-order valence-electron chi connectivity index (χ4n) is 2.30. The maximum atomic E-state index is 6.31. The smallest absolute Gasteiger partial charge is 0.104 e. The van der Waals surface area contributed by atoms with E-state index in [2.05, 4.69) is 22.4 Å². The summed E-state index contributed by atoms with van der Waals surface area (Å²) < 4.78 is 1.85. The average Bonchev–Trinajstić information content (AvgIpc) is 2.91.